The van der Waals surface area contributed by atoms with E-state index in [4.69, 9.17) is 4.74 Å². The molecule has 0 spiro atoms. The van der Waals surface area contributed by atoms with Gasteiger partial charge >= 0.3 is 12.3 Å². The predicted octanol–water partition coefficient (Wildman–Crippen LogP) is 6.22. The van der Waals surface area contributed by atoms with Crippen LogP contribution in [0.25, 0.3) is 0 Å². The molecule has 1 heterocycles. The quantitative estimate of drug-likeness (QED) is 0.435. The highest BCUT2D eigenvalue weighted by Gasteiger charge is 2.42. The van der Waals surface area contributed by atoms with Crippen LogP contribution in [0.2, 0.25) is 0 Å². The van der Waals surface area contributed by atoms with E-state index in [9.17, 15) is 22.4 Å². The van der Waals surface area contributed by atoms with Crippen molar-refractivity contribution in [2.24, 2.45) is 0 Å². The van der Waals surface area contributed by atoms with Gasteiger partial charge in [0, 0.05) is 19.4 Å². The molecule has 3 nitrogen and oxygen atoms in total. The van der Waals surface area contributed by atoms with Gasteiger partial charge in [0.2, 0.25) is 0 Å². The molecular formula is C22H21F4NO2. The van der Waals surface area contributed by atoms with Crippen molar-refractivity contribution < 1.29 is 27.1 Å². The monoisotopic (exact) mass is 407 g/mol. The molecule has 2 atom stereocenters. The number of ether oxygens (including phenoxy) is 1. The standard InChI is InChI=1S/C22H21F4NO2/c1-3-12-21(17-8-10-19(23)11-9-17)13-14-27(20(28)29-21)15(2)16-4-6-18(7-5-16)22(24,25)26/h3-11,15H,1,12-14H2,2H3/t15-,21+/m0/s1. The van der Waals surface area contributed by atoms with Crippen molar-refractivity contribution in [3.8, 4) is 0 Å². The van der Waals surface area contributed by atoms with Gasteiger partial charge in [0.1, 0.15) is 11.4 Å². The summed E-state index contributed by atoms with van der Waals surface area (Å²) in [5.74, 6) is -0.387. The Balaban J connectivity index is 1.80. The Hall–Kier alpha value is -2.83. The molecule has 29 heavy (non-hydrogen) atoms. The summed E-state index contributed by atoms with van der Waals surface area (Å²) in [6.45, 7) is 5.80. The lowest BCUT2D eigenvalue weighted by atomic mass is 9.85. The first-order valence-corrected chi connectivity index (χ1v) is 9.20. The smallest absolute Gasteiger partial charge is 0.416 e. The van der Waals surface area contributed by atoms with Crippen molar-refractivity contribution in [1.29, 1.82) is 0 Å². The predicted molar refractivity (Wildman–Crippen MR) is 101 cm³/mol. The minimum absolute atomic E-state index is 0.340. The molecule has 1 amide bonds. The zero-order chi connectivity index (χ0) is 21.2. The summed E-state index contributed by atoms with van der Waals surface area (Å²) in [7, 11) is 0. The minimum Gasteiger partial charge on any atom is -0.437 e. The van der Waals surface area contributed by atoms with Crippen LogP contribution in [0.15, 0.2) is 61.2 Å². The van der Waals surface area contributed by atoms with Crippen molar-refractivity contribution in [3.63, 3.8) is 0 Å². The maximum absolute atomic E-state index is 13.3. The highest BCUT2D eigenvalue weighted by atomic mass is 19.4. The summed E-state index contributed by atoms with van der Waals surface area (Å²) >= 11 is 0. The molecule has 2 aromatic rings. The molecule has 0 saturated carbocycles. The van der Waals surface area contributed by atoms with Gasteiger partial charge in [0.05, 0.1) is 11.6 Å². The first-order valence-electron chi connectivity index (χ1n) is 9.20. The molecule has 7 heteroatoms. The molecule has 2 aromatic carbocycles. The van der Waals surface area contributed by atoms with E-state index < -0.39 is 29.5 Å². The number of benzene rings is 2. The molecule has 0 aliphatic carbocycles. The van der Waals surface area contributed by atoms with E-state index in [-0.39, 0.29) is 5.82 Å². The minimum atomic E-state index is -4.41. The van der Waals surface area contributed by atoms with Crippen molar-refractivity contribution >= 4 is 6.09 Å². The largest absolute Gasteiger partial charge is 0.437 e. The Morgan fingerprint density at radius 3 is 2.31 bits per heavy atom. The summed E-state index contributed by atoms with van der Waals surface area (Å²) in [6, 6.07) is 10.1. The highest BCUT2D eigenvalue weighted by Crippen LogP contribution is 2.40. The zero-order valence-electron chi connectivity index (χ0n) is 15.9. The Labute approximate surface area is 166 Å². The Kier molecular flexibility index (Phi) is 5.68. The SMILES string of the molecule is C=CC[C@]1(c2ccc(F)cc2)CCN([C@@H](C)c2ccc(C(F)(F)F)cc2)C(=O)O1. The van der Waals surface area contributed by atoms with Gasteiger partial charge in [0.25, 0.3) is 0 Å². The number of hydrogen-bond donors (Lipinski definition) is 0. The molecule has 1 aliphatic heterocycles. The number of halogens is 4. The van der Waals surface area contributed by atoms with Crippen molar-refractivity contribution in [2.45, 2.75) is 37.6 Å². The van der Waals surface area contributed by atoms with Crippen LogP contribution < -0.4 is 0 Å². The highest BCUT2D eigenvalue weighted by molar-refractivity contribution is 5.70. The maximum Gasteiger partial charge on any atom is 0.416 e. The molecule has 0 radical (unpaired) electrons. The van der Waals surface area contributed by atoms with Gasteiger partial charge in [-0.2, -0.15) is 13.2 Å². The van der Waals surface area contributed by atoms with Crippen molar-refractivity contribution in [2.75, 3.05) is 6.54 Å². The van der Waals surface area contributed by atoms with E-state index >= 15 is 0 Å². The average Bonchev–Trinajstić information content (AvgIpc) is 2.68. The Morgan fingerprint density at radius 2 is 1.79 bits per heavy atom. The number of cyclic esters (lactones) is 1. The molecule has 0 bridgehead atoms. The average molecular weight is 407 g/mol. The van der Waals surface area contributed by atoms with E-state index in [1.54, 1.807) is 25.1 Å². The fraction of sp³-hybridized carbons (Fsp3) is 0.318. The summed E-state index contributed by atoms with van der Waals surface area (Å²) in [4.78, 5) is 14.3. The van der Waals surface area contributed by atoms with Crippen LogP contribution in [0, 0.1) is 5.82 Å². The summed E-state index contributed by atoms with van der Waals surface area (Å²) < 4.78 is 57.4. The second-order valence-corrected chi connectivity index (χ2v) is 7.10. The first kappa shape index (κ1) is 20.9. The van der Waals surface area contributed by atoms with Gasteiger partial charge in [0.15, 0.2) is 0 Å². The summed E-state index contributed by atoms with van der Waals surface area (Å²) in [5, 5.41) is 0. The molecule has 0 unspecified atom stereocenters. The number of amides is 1. The van der Waals surface area contributed by atoms with Crippen LogP contribution in [0.5, 0.6) is 0 Å². The lowest BCUT2D eigenvalue weighted by Gasteiger charge is -2.43. The fourth-order valence-electron chi connectivity index (χ4n) is 3.60. The lowest BCUT2D eigenvalue weighted by Crippen LogP contribution is -2.48. The normalized spacial score (nSPS) is 20.9. The van der Waals surface area contributed by atoms with Crippen LogP contribution in [0.1, 0.15) is 42.5 Å². The molecule has 1 aliphatic rings. The van der Waals surface area contributed by atoms with Crippen LogP contribution in [0.4, 0.5) is 22.4 Å². The van der Waals surface area contributed by atoms with Gasteiger partial charge in [-0.15, -0.1) is 6.58 Å². The molecular weight excluding hydrogens is 386 g/mol. The second-order valence-electron chi connectivity index (χ2n) is 7.10. The first-order chi connectivity index (χ1) is 13.7. The topological polar surface area (TPSA) is 29.5 Å². The van der Waals surface area contributed by atoms with Crippen LogP contribution >= 0.6 is 0 Å². The van der Waals surface area contributed by atoms with E-state index in [2.05, 4.69) is 6.58 Å². The van der Waals surface area contributed by atoms with Crippen molar-refractivity contribution in [3.05, 3.63) is 83.7 Å². The maximum atomic E-state index is 13.3. The van der Waals surface area contributed by atoms with Gasteiger partial charge in [-0.1, -0.05) is 30.3 Å². The Bertz CT molecular complexity index is 877. The number of rotatable bonds is 5. The van der Waals surface area contributed by atoms with Crippen LogP contribution in [-0.2, 0) is 16.5 Å². The molecule has 154 valence electrons. The molecule has 3 rings (SSSR count). The molecule has 1 fully saturated rings. The molecule has 0 aromatic heterocycles. The van der Waals surface area contributed by atoms with Gasteiger partial charge in [-0.3, -0.25) is 0 Å². The van der Waals surface area contributed by atoms with Gasteiger partial charge < -0.3 is 9.64 Å². The number of nitrogens with zero attached hydrogens (tertiary/aromatic N) is 1. The van der Waals surface area contributed by atoms with Crippen molar-refractivity contribution in [1.82, 2.24) is 4.90 Å². The number of alkyl halides is 3. The summed E-state index contributed by atoms with van der Waals surface area (Å²) in [6.07, 6.45) is -2.53. The lowest BCUT2D eigenvalue weighted by molar-refractivity contribution is -0.137. The van der Waals surface area contributed by atoms with Gasteiger partial charge in [-0.25, -0.2) is 9.18 Å². The third-order valence-corrected chi connectivity index (χ3v) is 5.31. The van der Waals surface area contributed by atoms with E-state index in [0.29, 0.717) is 30.5 Å². The van der Waals surface area contributed by atoms with Crippen LogP contribution in [0.3, 0.4) is 0 Å². The van der Waals surface area contributed by atoms with Gasteiger partial charge in [-0.05, 0) is 42.3 Å². The van der Waals surface area contributed by atoms with E-state index in [1.165, 1.54) is 29.2 Å². The summed E-state index contributed by atoms with van der Waals surface area (Å²) in [5.41, 5.74) is -0.430. The zero-order valence-corrected chi connectivity index (χ0v) is 15.9. The van der Waals surface area contributed by atoms with E-state index in [1.807, 2.05) is 0 Å². The number of hydrogen-bond acceptors (Lipinski definition) is 2. The number of carbonyl (C=O) groups is 1. The number of carbonyl (C=O) groups excluding carboxylic acids is 1. The molecule has 0 N–H and O–H groups in total. The Morgan fingerprint density at radius 1 is 1.17 bits per heavy atom. The van der Waals surface area contributed by atoms with Crippen LogP contribution in [-0.4, -0.2) is 17.5 Å². The third kappa shape index (κ3) is 4.28. The van der Waals surface area contributed by atoms with E-state index in [0.717, 1.165) is 12.1 Å². The molecule has 1 saturated heterocycles. The third-order valence-electron chi connectivity index (χ3n) is 5.31. The second kappa shape index (κ2) is 7.89. The fourth-order valence-corrected chi connectivity index (χ4v) is 3.60.